The molecule has 0 bridgehead atoms. The molecule has 0 aromatic rings. The van der Waals surface area contributed by atoms with Gasteiger partial charge in [-0.2, -0.15) is 0 Å². The number of aliphatic hydroxyl groups excluding tert-OH is 1. The Bertz CT molecular complexity index is 271. The molecule has 0 spiro atoms. The summed E-state index contributed by atoms with van der Waals surface area (Å²) >= 11 is 0. The highest BCUT2D eigenvalue weighted by molar-refractivity contribution is 5.75. The fraction of sp³-hybridized carbons (Fsp3) is 0.933. The molecular weight excluding hydrogens is 240 g/mol. The summed E-state index contributed by atoms with van der Waals surface area (Å²) in [5, 5.41) is 16.3. The lowest BCUT2D eigenvalue weighted by Crippen LogP contribution is -2.37. The van der Waals surface area contributed by atoms with E-state index in [0.29, 0.717) is 24.8 Å². The number of hydrogen-bond donors (Lipinski definition) is 3. The maximum absolute atomic E-state index is 11.7. The summed E-state index contributed by atoms with van der Waals surface area (Å²) in [5.41, 5.74) is 0. The summed E-state index contributed by atoms with van der Waals surface area (Å²) in [6.45, 7) is 2.58. The number of hydrogen-bond acceptors (Lipinski definition) is 3. The molecule has 110 valence electrons. The molecule has 4 heteroatoms. The van der Waals surface area contributed by atoms with Gasteiger partial charge in [-0.05, 0) is 50.6 Å². The molecule has 0 aromatic carbocycles. The van der Waals surface area contributed by atoms with Crippen LogP contribution in [0.3, 0.4) is 0 Å². The molecular formula is C15H28N2O2. The molecule has 1 heterocycles. The molecule has 1 saturated heterocycles. The highest BCUT2D eigenvalue weighted by Gasteiger charge is 2.22. The zero-order chi connectivity index (χ0) is 13.5. The summed E-state index contributed by atoms with van der Waals surface area (Å²) in [5.74, 6) is 1.16. The zero-order valence-corrected chi connectivity index (χ0v) is 11.9. The molecule has 19 heavy (non-hydrogen) atoms. The second-order valence-electron chi connectivity index (χ2n) is 6.17. The predicted octanol–water partition coefficient (Wildman–Crippen LogP) is 1.43. The number of carbonyl (C=O) groups excluding carboxylic acids is 1. The lowest BCUT2D eigenvalue weighted by atomic mass is 9.85. The molecule has 1 saturated carbocycles. The van der Waals surface area contributed by atoms with Crippen molar-refractivity contribution in [2.45, 2.75) is 57.5 Å². The Hall–Kier alpha value is -0.610. The minimum Gasteiger partial charge on any atom is -0.391 e. The summed E-state index contributed by atoms with van der Waals surface area (Å²) in [7, 11) is 0. The van der Waals surface area contributed by atoms with Crippen LogP contribution in [-0.2, 0) is 4.79 Å². The van der Waals surface area contributed by atoms with Gasteiger partial charge in [0.05, 0.1) is 6.10 Å². The Kier molecular flexibility index (Phi) is 6.11. The smallest absolute Gasteiger partial charge is 0.220 e. The maximum atomic E-state index is 11.7. The van der Waals surface area contributed by atoms with E-state index in [1.165, 1.54) is 25.7 Å². The van der Waals surface area contributed by atoms with Crippen LogP contribution < -0.4 is 10.6 Å². The van der Waals surface area contributed by atoms with Crippen LogP contribution in [0.15, 0.2) is 0 Å². The first-order chi connectivity index (χ1) is 9.25. The van der Waals surface area contributed by atoms with E-state index in [1.54, 1.807) is 0 Å². The van der Waals surface area contributed by atoms with Crippen LogP contribution in [0.1, 0.15) is 51.4 Å². The van der Waals surface area contributed by atoms with E-state index in [-0.39, 0.29) is 12.0 Å². The highest BCUT2D eigenvalue weighted by Crippen LogP contribution is 2.26. The van der Waals surface area contributed by atoms with Crippen LogP contribution in [0.5, 0.6) is 0 Å². The zero-order valence-electron chi connectivity index (χ0n) is 11.9. The number of rotatable bonds is 6. The lowest BCUT2D eigenvalue weighted by molar-refractivity contribution is -0.122. The SMILES string of the molecule is O=C(CCC1CCNC1)NCC(O)C1CCCCC1. The van der Waals surface area contributed by atoms with Gasteiger partial charge >= 0.3 is 0 Å². The lowest BCUT2D eigenvalue weighted by Gasteiger charge is -2.26. The molecule has 2 fully saturated rings. The highest BCUT2D eigenvalue weighted by atomic mass is 16.3. The third-order valence-electron chi connectivity index (χ3n) is 4.64. The largest absolute Gasteiger partial charge is 0.391 e. The molecule has 0 radical (unpaired) electrons. The third kappa shape index (κ3) is 5.11. The van der Waals surface area contributed by atoms with Gasteiger partial charge in [-0.15, -0.1) is 0 Å². The fourth-order valence-corrected chi connectivity index (χ4v) is 3.29. The molecule has 1 amide bonds. The van der Waals surface area contributed by atoms with Gasteiger partial charge in [-0.1, -0.05) is 19.3 Å². The minimum atomic E-state index is -0.350. The summed E-state index contributed by atoms with van der Waals surface area (Å²) in [4.78, 5) is 11.7. The van der Waals surface area contributed by atoms with Gasteiger partial charge in [0, 0.05) is 13.0 Å². The molecule has 1 aliphatic heterocycles. The second kappa shape index (κ2) is 7.85. The van der Waals surface area contributed by atoms with E-state index in [4.69, 9.17) is 0 Å². The van der Waals surface area contributed by atoms with Crippen molar-refractivity contribution in [1.29, 1.82) is 0 Å². The maximum Gasteiger partial charge on any atom is 0.220 e. The van der Waals surface area contributed by atoms with E-state index in [1.807, 2.05) is 0 Å². The van der Waals surface area contributed by atoms with E-state index >= 15 is 0 Å². The van der Waals surface area contributed by atoms with Crippen molar-refractivity contribution in [2.75, 3.05) is 19.6 Å². The van der Waals surface area contributed by atoms with Crippen LogP contribution in [0.25, 0.3) is 0 Å². The van der Waals surface area contributed by atoms with Crippen molar-refractivity contribution >= 4 is 5.91 Å². The molecule has 2 aliphatic rings. The number of carbonyl (C=O) groups is 1. The van der Waals surface area contributed by atoms with Gasteiger partial charge in [-0.3, -0.25) is 4.79 Å². The van der Waals surface area contributed by atoms with Crippen molar-refractivity contribution in [2.24, 2.45) is 11.8 Å². The van der Waals surface area contributed by atoms with E-state index < -0.39 is 0 Å². The monoisotopic (exact) mass is 268 g/mol. The van der Waals surface area contributed by atoms with Crippen LogP contribution in [0.2, 0.25) is 0 Å². The van der Waals surface area contributed by atoms with Gasteiger partial charge in [0.25, 0.3) is 0 Å². The minimum absolute atomic E-state index is 0.0989. The molecule has 2 rings (SSSR count). The Labute approximate surface area is 116 Å². The van der Waals surface area contributed by atoms with E-state index in [2.05, 4.69) is 10.6 Å². The first-order valence-corrected chi connectivity index (χ1v) is 7.91. The van der Waals surface area contributed by atoms with Crippen molar-refractivity contribution in [3.63, 3.8) is 0 Å². The van der Waals surface area contributed by atoms with Crippen molar-refractivity contribution < 1.29 is 9.90 Å². The van der Waals surface area contributed by atoms with Gasteiger partial charge in [0.15, 0.2) is 0 Å². The van der Waals surface area contributed by atoms with Crippen molar-refractivity contribution in [3.8, 4) is 0 Å². The van der Waals surface area contributed by atoms with Crippen LogP contribution in [0, 0.1) is 11.8 Å². The third-order valence-corrected chi connectivity index (χ3v) is 4.64. The van der Waals surface area contributed by atoms with Gasteiger partial charge < -0.3 is 15.7 Å². The Balaban J connectivity index is 1.56. The molecule has 2 atom stereocenters. The average Bonchev–Trinajstić information content (AvgIpc) is 2.96. The second-order valence-corrected chi connectivity index (χ2v) is 6.17. The fourth-order valence-electron chi connectivity index (χ4n) is 3.29. The van der Waals surface area contributed by atoms with Crippen molar-refractivity contribution in [3.05, 3.63) is 0 Å². The summed E-state index contributed by atoms with van der Waals surface area (Å²) in [6, 6.07) is 0. The Morgan fingerprint density at radius 3 is 2.74 bits per heavy atom. The van der Waals surface area contributed by atoms with E-state index in [0.717, 1.165) is 32.4 Å². The number of amides is 1. The molecule has 0 aromatic heterocycles. The normalized spacial score (nSPS) is 26.3. The summed E-state index contributed by atoms with van der Waals surface area (Å²) in [6.07, 6.45) is 8.40. The topological polar surface area (TPSA) is 61.4 Å². The quantitative estimate of drug-likeness (QED) is 0.683. The van der Waals surface area contributed by atoms with Gasteiger partial charge in [0.1, 0.15) is 0 Å². The standard InChI is InChI=1S/C15H28N2O2/c18-14(13-4-2-1-3-5-13)11-17-15(19)7-6-12-8-9-16-10-12/h12-14,16,18H,1-11H2,(H,17,19). The number of aliphatic hydroxyl groups is 1. The van der Waals surface area contributed by atoms with Crippen molar-refractivity contribution in [1.82, 2.24) is 10.6 Å². The molecule has 3 N–H and O–H groups in total. The molecule has 2 unspecified atom stereocenters. The summed E-state index contributed by atoms with van der Waals surface area (Å²) < 4.78 is 0. The van der Waals surface area contributed by atoms with Crippen LogP contribution in [-0.4, -0.2) is 36.8 Å². The molecule has 1 aliphatic carbocycles. The van der Waals surface area contributed by atoms with Gasteiger partial charge in [0.2, 0.25) is 5.91 Å². The average molecular weight is 268 g/mol. The predicted molar refractivity (Wildman–Crippen MR) is 75.8 cm³/mol. The first kappa shape index (κ1) is 14.8. The van der Waals surface area contributed by atoms with Gasteiger partial charge in [-0.25, -0.2) is 0 Å². The first-order valence-electron chi connectivity index (χ1n) is 7.91. The molecule has 4 nitrogen and oxygen atoms in total. The van der Waals surface area contributed by atoms with E-state index in [9.17, 15) is 9.90 Å². The number of nitrogens with one attached hydrogen (secondary N) is 2. The van der Waals surface area contributed by atoms with Crippen LogP contribution >= 0.6 is 0 Å². The van der Waals surface area contributed by atoms with Crippen LogP contribution in [0.4, 0.5) is 0 Å². The Morgan fingerprint density at radius 1 is 1.26 bits per heavy atom. The Morgan fingerprint density at radius 2 is 2.05 bits per heavy atom.